The molecule has 0 saturated heterocycles. The van der Waals surface area contributed by atoms with Crippen LogP contribution in [0.5, 0.6) is 0 Å². The minimum Gasteiger partial charge on any atom is -0.423 e. The summed E-state index contributed by atoms with van der Waals surface area (Å²) in [5.41, 5.74) is 3.81. The molecular weight excluding hydrogens is 200 g/mol. The SMILES string of the molecule is Cc1ccc2c(c1C)C(=O)O/C2=C\C(C)C. The smallest absolute Gasteiger partial charge is 0.344 e. The molecule has 0 aliphatic carbocycles. The lowest BCUT2D eigenvalue weighted by Crippen LogP contribution is -1.98. The van der Waals surface area contributed by atoms with Crippen molar-refractivity contribution in [1.29, 1.82) is 0 Å². The fraction of sp³-hybridized carbons (Fsp3) is 0.357. The molecular formula is C14H16O2. The van der Waals surface area contributed by atoms with Crippen LogP contribution in [0.25, 0.3) is 5.76 Å². The standard InChI is InChI=1S/C14H16O2/c1-8(2)7-12-11-6-5-9(3)10(4)13(11)14(15)16-12/h5-8H,1-4H3/b12-7-. The number of benzene rings is 1. The van der Waals surface area contributed by atoms with Crippen LogP contribution in [0.1, 0.15) is 40.9 Å². The molecule has 0 atom stereocenters. The Bertz CT molecular complexity index is 482. The Morgan fingerprint density at radius 1 is 1.25 bits per heavy atom. The largest absolute Gasteiger partial charge is 0.423 e. The molecule has 0 N–H and O–H groups in total. The Morgan fingerprint density at radius 2 is 1.94 bits per heavy atom. The summed E-state index contributed by atoms with van der Waals surface area (Å²) < 4.78 is 5.30. The summed E-state index contributed by atoms with van der Waals surface area (Å²) in [4.78, 5) is 11.8. The third-order valence-electron chi connectivity index (χ3n) is 2.89. The summed E-state index contributed by atoms with van der Waals surface area (Å²) in [6.07, 6.45) is 1.98. The zero-order chi connectivity index (χ0) is 11.9. The van der Waals surface area contributed by atoms with Crippen LogP contribution in [0, 0.1) is 19.8 Å². The van der Waals surface area contributed by atoms with E-state index in [1.807, 2.05) is 32.1 Å². The number of ether oxygens (including phenoxy) is 1. The van der Waals surface area contributed by atoms with Crippen LogP contribution >= 0.6 is 0 Å². The number of cyclic esters (lactones) is 1. The van der Waals surface area contributed by atoms with Crippen LogP contribution in [-0.4, -0.2) is 5.97 Å². The highest BCUT2D eigenvalue weighted by molar-refractivity contribution is 6.04. The van der Waals surface area contributed by atoms with Gasteiger partial charge in [0.25, 0.3) is 0 Å². The van der Waals surface area contributed by atoms with Crippen LogP contribution in [0.3, 0.4) is 0 Å². The minimum absolute atomic E-state index is 0.219. The van der Waals surface area contributed by atoms with Crippen molar-refractivity contribution in [3.63, 3.8) is 0 Å². The number of aryl methyl sites for hydroxylation is 1. The van der Waals surface area contributed by atoms with E-state index in [0.717, 1.165) is 22.3 Å². The predicted octanol–water partition coefficient (Wildman–Crippen LogP) is 3.47. The lowest BCUT2D eigenvalue weighted by molar-refractivity contribution is 0.0714. The highest BCUT2D eigenvalue weighted by Gasteiger charge is 2.28. The number of fused-ring (bicyclic) bond motifs is 1. The Morgan fingerprint density at radius 3 is 2.56 bits per heavy atom. The molecule has 0 fully saturated rings. The second kappa shape index (κ2) is 3.78. The maximum atomic E-state index is 11.8. The van der Waals surface area contributed by atoms with Gasteiger partial charge in [-0.25, -0.2) is 4.79 Å². The second-order valence-electron chi connectivity index (χ2n) is 4.59. The number of carbonyl (C=O) groups is 1. The van der Waals surface area contributed by atoms with Gasteiger partial charge in [0.15, 0.2) is 0 Å². The van der Waals surface area contributed by atoms with Crippen molar-refractivity contribution in [3.05, 3.63) is 40.5 Å². The third-order valence-corrected chi connectivity index (χ3v) is 2.89. The number of carbonyl (C=O) groups excluding carboxylic acids is 1. The van der Waals surface area contributed by atoms with Crippen molar-refractivity contribution >= 4 is 11.7 Å². The molecule has 16 heavy (non-hydrogen) atoms. The lowest BCUT2D eigenvalue weighted by atomic mass is 9.97. The second-order valence-corrected chi connectivity index (χ2v) is 4.59. The lowest BCUT2D eigenvalue weighted by Gasteiger charge is -2.03. The molecule has 2 heteroatoms. The van der Waals surface area contributed by atoms with Gasteiger partial charge < -0.3 is 4.74 Å². The molecule has 2 nitrogen and oxygen atoms in total. The molecule has 1 aliphatic heterocycles. The minimum atomic E-state index is -0.219. The monoisotopic (exact) mass is 216 g/mol. The van der Waals surface area contributed by atoms with Gasteiger partial charge in [0.2, 0.25) is 0 Å². The number of esters is 1. The summed E-state index contributed by atoms with van der Waals surface area (Å²) in [5, 5.41) is 0. The molecule has 84 valence electrons. The van der Waals surface area contributed by atoms with Crippen LogP contribution in [0.15, 0.2) is 18.2 Å². The molecule has 1 aromatic rings. The average molecular weight is 216 g/mol. The number of allylic oxidation sites excluding steroid dienone is 1. The van der Waals surface area contributed by atoms with Crippen LogP contribution < -0.4 is 0 Å². The molecule has 0 bridgehead atoms. The average Bonchev–Trinajstić information content (AvgIpc) is 2.49. The first kappa shape index (κ1) is 10.9. The molecule has 0 unspecified atom stereocenters. The zero-order valence-electron chi connectivity index (χ0n) is 10.1. The maximum absolute atomic E-state index is 11.8. The molecule has 0 spiro atoms. The molecule has 1 aromatic carbocycles. The third kappa shape index (κ3) is 1.64. The maximum Gasteiger partial charge on any atom is 0.344 e. The number of hydrogen-bond acceptors (Lipinski definition) is 2. The first-order valence-corrected chi connectivity index (χ1v) is 5.55. The van der Waals surface area contributed by atoms with Gasteiger partial charge in [-0.05, 0) is 37.0 Å². The van der Waals surface area contributed by atoms with Gasteiger partial charge in [0, 0.05) is 5.56 Å². The van der Waals surface area contributed by atoms with Crippen molar-refractivity contribution in [1.82, 2.24) is 0 Å². The Hall–Kier alpha value is -1.57. The van der Waals surface area contributed by atoms with Gasteiger partial charge in [0.05, 0.1) is 5.56 Å². The normalized spacial score (nSPS) is 16.8. The summed E-state index contributed by atoms with van der Waals surface area (Å²) >= 11 is 0. The predicted molar refractivity (Wildman–Crippen MR) is 64.1 cm³/mol. The van der Waals surface area contributed by atoms with E-state index >= 15 is 0 Å². The molecule has 1 aliphatic rings. The van der Waals surface area contributed by atoms with Gasteiger partial charge in [-0.2, -0.15) is 0 Å². The molecule has 0 radical (unpaired) electrons. The van der Waals surface area contributed by atoms with Gasteiger partial charge in [0.1, 0.15) is 5.76 Å². The van der Waals surface area contributed by atoms with Crippen molar-refractivity contribution in [2.75, 3.05) is 0 Å². The van der Waals surface area contributed by atoms with E-state index in [-0.39, 0.29) is 5.97 Å². The zero-order valence-corrected chi connectivity index (χ0v) is 10.1. The van der Waals surface area contributed by atoms with Gasteiger partial charge in [-0.1, -0.05) is 26.0 Å². The van der Waals surface area contributed by atoms with Crippen LogP contribution in [0.4, 0.5) is 0 Å². The quantitative estimate of drug-likeness (QED) is 0.672. The Balaban J connectivity index is 2.61. The van der Waals surface area contributed by atoms with E-state index in [2.05, 4.69) is 13.8 Å². The fourth-order valence-electron chi connectivity index (χ4n) is 1.92. The van der Waals surface area contributed by atoms with Crippen molar-refractivity contribution in [3.8, 4) is 0 Å². The first-order valence-electron chi connectivity index (χ1n) is 5.55. The highest BCUT2D eigenvalue weighted by atomic mass is 16.5. The van der Waals surface area contributed by atoms with E-state index in [1.165, 1.54) is 0 Å². The van der Waals surface area contributed by atoms with E-state index < -0.39 is 0 Å². The molecule has 0 saturated carbocycles. The van der Waals surface area contributed by atoms with E-state index in [0.29, 0.717) is 11.7 Å². The van der Waals surface area contributed by atoms with E-state index in [4.69, 9.17) is 4.74 Å². The van der Waals surface area contributed by atoms with Crippen LogP contribution in [0.2, 0.25) is 0 Å². The van der Waals surface area contributed by atoms with Gasteiger partial charge in [-0.15, -0.1) is 0 Å². The van der Waals surface area contributed by atoms with E-state index in [9.17, 15) is 4.79 Å². The summed E-state index contributed by atoms with van der Waals surface area (Å²) in [6, 6.07) is 4.00. The van der Waals surface area contributed by atoms with Gasteiger partial charge in [-0.3, -0.25) is 0 Å². The summed E-state index contributed by atoms with van der Waals surface area (Å²) in [6.45, 7) is 8.11. The fourth-order valence-corrected chi connectivity index (χ4v) is 1.92. The first-order chi connectivity index (χ1) is 7.50. The van der Waals surface area contributed by atoms with Crippen LogP contribution in [-0.2, 0) is 4.74 Å². The van der Waals surface area contributed by atoms with Gasteiger partial charge >= 0.3 is 5.97 Å². The number of hydrogen-bond donors (Lipinski definition) is 0. The summed E-state index contributed by atoms with van der Waals surface area (Å²) in [7, 11) is 0. The molecule has 1 heterocycles. The molecule has 0 amide bonds. The Labute approximate surface area is 95.9 Å². The van der Waals surface area contributed by atoms with E-state index in [1.54, 1.807) is 0 Å². The summed E-state index contributed by atoms with van der Waals surface area (Å²) in [5.74, 6) is 0.858. The Kier molecular flexibility index (Phi) is 2.58. The topological polar surface area (TPSA) is 26.3 Å². The molecule has 2 rings (SSSR count). The number of rotatable bonds is 1. The van der Waals surface area contributed by atoms with Crippen molar-refractivity contribution < 1.29 is 9.53 Å². The highest BCUT2D eigenvalue weighted by Crippen LogP contribution is 2.33. The van der Waals surface area contributed by atoms with Crippen molar-refractivity contribution in [2.24, 2.45) is 5.92 Å². The molecule has 0 aromatic heterocycles. The van der Waals surface area contributed by atoms with Crippen molar-refractivity contribution in [2.45, 2.75) is 27.7 Å².